The molecule has 1 fully saturated rings. The van der Waals surface area contributed by atoms with Gasteiger partial charge in [-0.3, -0.25) is 9.69 Å². The molecule has 0 radical (unpaired) electrons. The van der Waals surface area contributed by atoms with Crippen molar-refractivity contribution < 1.29 is 9.53 Å². The van der Waals surface area contributed by atoms with Gasteiger partial charge >= 0.3 is 0 Å². The highest BCUT2D eigenvalue weighted by atomic mass is 16.5. The van der Waals surface area contributed by atoms with Gasteiger partial charge in [0.1, 0.15) is 11.4 Å². The smallest absolute Gasteiger partial charge is 0.171 e. The molecule has 1 aromatic rings. The molecule has 5 nitrogen and oxygen atoms in total. The predicted octanol–water partition coefficient (Wildman–Crippen LogP) is 1.47. The van der Waals surface area contributed by atoms with Crippen LogP contribution in [0.1, 0.15) is 33.5 Å². The first-order valence-electron chi connectivity index (χ1n) is 7.26. The Kier molecular flexibility index (Phi) is 3.03. The van der Waals surface area contributed by atoms with Crippen LogP contribution < -0.4 is 0 Å². The topological polar surface area (TPSA) is 47.4 Å². The molecular weight excluding hydrogens is 254 g/mol. The van der Waals surface area contributed by atoms with E-state index in [1.54, 1.807) is 0 Å². The van der Waals surface area contributed by atoms with Gasteiger partial charge < -0.3 is 9.30 Å². The Balaban J connectivity index is 1.74. The molecule has 0 aliphatic carbocycles. The van der Waals surface area contributed by atoms with E-state index in [2.05, 4.69) is 14.5 Å². The fourth-order valence-corrected chi connectivity index (χ4v) is 3.45. The van der Waals surface area contributed by atoms with Gasteiger partial charge in [-0.15, -0.1) is 0 Å². The van der Waals surface area contributed by atoms with E-state index in [1.807, 2.05) is 40.1 Å². The van der Waals surface area contributed by atoms with Crippen molar-refractivity contribution in [1.29, 1.82) is 0 Å². The fraction of sp³-hybridized carbons (Fsp3) is 0.733. The van der Waals surface area contributed by atoms with Gasteiger partial charge in [0.25, 0.3) is 0 Å². The second-order valence-electron chi connectivity index (χ2n) is 6.90. The zero-order valence-corrected chi connectivity index (χ0v) is 12.7. The van der Waals surface area contributed by atoms with Crippen LogP contribution in [0.4, 0.5) is 0 Å². The number of hydrogen-bond acceptors (Lipinski definition) is 4. The first kappa shape index (κ1) is 13.8. The maximum absolute atomic E-state index is 12.5. The first-order chi connectivity index (χ1) is 9.29. The summed E-state index contributed by atoms with van der Waals surface area (Å²) in [5, 5.41) is 0. The number of Topliss-reactive ketones (excluding diaryl/α,β-unsaturated/α-hetero) is 1. The van der Waals surface area contributed by atoms with Crippen LogP contribution in [0.3, 0.4) is 0 Å². The Bertz CT molecular complexity index is 533. The third-order valence-electron chi connectivity index (χ3n) is 4.53. The molecule has 3 rings (SSSR count). The number of carbonyl (C=O) groups excluding carboxylic acids is 1. The third-order valence-corrected chi connectivity index (χ3v) is 4.53. The molecule has 0 N–H and O–H groups in total. The van der Waals surface area contributed by atoms with Crippen LogP contribution >= 0.6 is 0 Å². The maximum atomic E-state index is 12.5. The number of ether oxygens (including phenoxy) is 1. The summed E-state index contributed by atoms with van der Waals surface area (Å²) in [6.07, 6.45) is 3.86. The number of ketones is 1. The molecule has 1 saturated heterocycles. The van der Waals surface area contributed by atoms with Crippen LogP contribution in [0.15, 0.2) is 12.4 Å². The maximum Gasteiger partial charge on any atom is 0.171 e. The van der Waals surface area contributed by atoms with E-state index < -0.39 is 11.2 Å². The van der Waals surface area contributed by atoms with Crippen molar-refractivity contribution >= 4 is 5.78 Å². The number of rotatable bonds is 2. The van der Waals surface area contributed by atoms with Gasteiger partial charge in [0, 0.05) is 32.0 Å². The Morgan fingerprint density at radius 2 is 2.10 bits per heavy atom. The van der Waals surface area contributed by atoms with Crippen LogP contribution in [-0.2, 0) is 22.6 Å². The molecule has 0 bridgehead atoms. The summed E-state index contributed by atoms with van der Waals surface area (Å²) in [6, 6.07) is 0. The van der Waals surface area contributed by atoms with E-state index in [0.29, 0.717) is 0 Å². The molecule has 0 aromatic carbocycles. The van der Waals surface area contributed by atoms with Crippen molar-refractivity contribution in [1.82, 2.24) is 14.5 Å². The van der Waals surface area contributed by atoms with Gasteiger partial charge in [-0.2, -0.15) is 0 Å². The lowest BCUT2D eigenvalue weighted by Crippen LogP contribution is -2.44. The molecule has 1 unspecified atom stereocenters. The molecule has 0 spiro atoms. The highest BCUT2D eigenvalue weighted by molar-refractivity contribution is 5.91. The molecule has 1 aromatic heterocycles. The summed E-state index contributed by atoms with van der Waals surface area (Å²) in [4.78, 5) is 19.2. The van der Waals surface area contributed by atoms with Crippen molar-refractivity contribution in [2.75, 3.05) is 13.1 Å². The van der Waals surface area contributed by atoms with Crippen LogP contribution in [-0.4, -0.2) is 44.5 Å². The van der Waals surface area contributed by atoms with E-state index in [4.69, 9.17) is 4.74 Å². The second-order valence-corrected chi connectivity index (χ2v) is 6.90. The van der Waals surface area contributed by atoms with Gasteiger partial charge in [0.05, 0.1) is 18.1 Å². The summed E-state index contributed by atoms with van der Waals surface area (Å²) >= 11 is 0. The highest BCUT2D eigenvalue weighted by Crippen LogP contribution is 2.39. The molecule has 0 amide bonds. The largest absolute Gasteiger partial charge is 0.361 e. The van der Waals surface area contributed by atoms with Gasteiger partial charge in [-0.05, 0) is 27.7 Å². The number of carbonyl (C=O) groups is 1. The minimum absolute atomic E-state index is 0.0704. The number of nitrogens with zero attached hydrogens (tertiary/aromatic N) is 3. The van der Waals surface area contributed by atoms with Gasteiger partial charge in [0.15, 0.2) is 5.78 Å². The molecule has 2 aliphatic rings. The number of hydrogen-bond donors (Lipinski definition) is 0. The summed E-state index contributed by atoms with van der Waals surface area (Å²) in [5.41, 5.74) is -1.06. The molecule has 3 heterocycles. The average molecular weight is 277 g/mol. The van der Waals surface area contributed by atoms with Crippen LogP contribution in [0.25, 0.3) is 0 Å². The monoisotopic (exact) mass is 277 g/mol. The molecule has 0 saturated carbocycles. The van der Waals surface area contributed by atoms with Crippen LogP contribution in [0, 0.1) is 5.92 Å². The fourth-order valence-electron chi connectivity index (χ4n) is 3.45. The molecule has 2 aliphatic heterocycles. The lowest BCUT2D eigenvalue weighted by molar-refractivity contribution is -0.132. The first-order valence-corrected chi connectivity index (χ1v) is 7.26. The van der Waals surface area contributed by atoms with E-state index >= 15 is 0 Å². The minimum Gasteiger partial charge on any atom is -0.361 e. The Hall–Kier alpha value is -1.20. The third kappa shape index (κ3) is 2.19. The van der Waals surface area contributed by atoms with Crippen molar-refractivity contribution in [2.45, 2.75) is 52.0 Å². The Morgan fingerprint density at radius 3 is 2.75 bits per heavy atom. The standard InChI is InChI=1S/C15H23N3O2/c1-14(2)11(13(19)15(3,4)20-14)9-17-7-8-18-6-5-16-12(18)10-17/h5-6,11H,7-10H2,1-4H3. The average Bonchev–Trinajstić information content (AvgIpc) is 2.85. The van der Waals surface area contributed by atoms with E-state index in [-0.39, 0.29) is 11.7 Å². The summed E-state index contributed by atoms with van der Waals surface area (Å²) in [5.74, 6) is 1.23. The molecule has 5 heteroatoms. The van der Waals surface area contributed by atoms with Crippen molar-refractivity contribution in [3.05, 3.63) is 18.2 Å². The van der Waals surface area contributed by atoms with Gasteiger partial charge in [-0.1, -0.05) is 0 Å². The van der Waals surface area contributed by atoms with Crippen LogP contribution in [0.2, 0.25) is 0 Å². The summed E-state index contributed by atoms with van der Waals surface area (Å²) < 4.78 is 8.14. The lowest BCUT2D eigenvalue weighted by Gasteiger charge is -2.33. The molecular formula is C15H23N3O2. The SMILES string of the molecule is CC1(C)OC(C)(C)C(CN2CCn3ccnc3C2)C1=O. The molecule has 1 atom stereocenters. The minimum atomic E-state index is -0.664. The Labute approximate surface area is 119 Å². The Morgan fingerprint density at radius 1 is 1.35 bits per heavy atom. The molecule has 110 valence electrons. The van der Waals surface area contributed by atoms with Crippen molar-refractivity contribution in [2.24, 2.45) is 5.92 Å². The highest BCUT2D eigenvalue weighted by Gasteiger charge is 2.53. The quantitative estimate of drug-likeness (QED) is 0.821. The van der Waals surface area contributed by atoms with Gasteiger partial charge in [0.2, 0.25) is 0 Å². The normalized spacial score (nSPS) is 28.6. The zero-order chi connectivity index (χ0) is 14.5. The zero-order valence-electron chi connectivity index (χ0n) is 12.7. The number of fused-ring (bicyclic) bond motifs is 1. The van der Waals surface area contributed by atoms with Crippen molar-refractivity contribution in [3.63, 3.8) is 0 Å². The lowest BCUT2D eigenvalue weighted by atomic mass is 9.85. The number of aromatic nitrogens is 2. The second kappa shape index (κ2) is 4.40. The molecule has 20 heavy (non-hydrogen) atoms. The number of imidazole rings is 1. The van der Waals surface area contributed by atoms with E-state index in [9.17, 15) is 4.79 Å². The summed E-state index contributed by atoms with van der Waals surface area (Å²) in [7, 11) is 0. The van der Waals surface area contributed by atoms with Crippen LogP contribution in [0.5, 0.6) is 0 Å². The van der Waals surface area contributed by atoms with Gasteiger partial charge in [-0.25, -0.2) is 4.98 Å². The predicted molar refractivity (Wildman–Crippen MR) is 75.2 cm³/mol. The summed E-state index contributed by atoms with van der Waals surface area (Å²) in [6.45, 7) is 11.3. The van der Waals surface area contributed by atoms with E-state index in [1.165, 1.54) is 0 Å². The van der Waals surface area contributed by atoms with E-state index in [0.717, 1.165) is 32.0 Å². The van der Waals surface area contributed by atoms with Crippen molar-refractivity contribution in [3.8, 4) is 0 Å².